The lowest BCUT2D eigenvalue weighted by atomic mass is 9.96. The molecule has 0 amide bonds. The molecule has 0 aliphatic carbocycles. The third-order valence-electron chi connectivity index (χ3n) is 1.96. The Hall–Kier alpha value is -0.0800. The van der Waals surface area contributed by atoms with E-state index < -0.39 is 0 Å². The molecule has 13 heavy (non-hydrogen) atoms. The van der Waals surface area contributed by atoms with Gasteiger partial charge in [0.25, 0.3) is 0 Å². The minimum absolute atomic E-state index is 0.423. The highest BCUT2D eigenvalue weighted by Gasteiger charge is 2.36. The van der Waals surface area contributed by atoms with E-state index in [1.165, 1.54) is 13.1 Å². The van der Waals surface area contributed by atoms with E-state index in [0.29, 0.717) is 10.8 Å². The van der Waals surface area contributed by atoms with E-state index in [1.807, 2.05) is 0 Å². The van der Waals surface area contributed by atoms with E-state index >= 15 is 0 Å². The summed E-state index contributed by atoms with van der Waals surface area (Å²) in [7, 11) is 0. The van der Waals surface area contributed by atoms with Crippen molar-refractivity contribution in [1.82, 2.24) is 10.0 Å². The molecule has 0 bridgehead atoms. The van der Waals surface area contributed by atoms with Crippen LogP contribution in [0.25, 0.3) is 0 Å². The summed E-state index contributed by atoms with van der Waals surface area (Å²) in [6, 6.07) is 0. The zero-order chi connectivity index (χ0) is 10.3. The molecule has 78 valence electrons. The summed E-state index contributed by atoms with van der Waals surface area (Å²) < 4.78 is 0. The molecular weight excluding hydrogens is 160 g/mol. The van der Waals surface area contributed by atoms with Crippen LogP contribution in [-0.2, 0) is 0 Å². The quantitative estimate of drug-likeness (QED) is 0.608. The topological polar surface area (TPSA) is 6.02 Å². The van der Waals surface area contributed by atoms with Gasteiger partial charge in [-0.05, 0) is 10.8 Å². The smallest absolute Gasteiger partial charge is 0.0788 e. The maximum Gasteiger partial charge on any atom is 0.0788 e. The Balaban J connectivity index is 2.24. The van der Waals surface area contributed by atoms with Gasteiger partial charge in [0.1, 0.15) is 0 Å². The zero-order valence-corrected chi connectivity index (χ0v) is 10.0. The molecule has 1 heterocycles. The first kappa shape index (κ1) is 11.0. The van der Waals surface area contributed by atoms with Crippen LogP contribution in [0.15, 0.2) is 0 Å². The van der Waals surface area contributed by atoms with Gasteiger partial charge in [0.2, 0.25) is 0 Å². The molecule has 0 radical (unpaired) electrons. The fraction of sp³-hybridized carbons (Fsp3) is 1.00. The third kappa shape index (κ3) is 4.63. The van der Waals surface area contributed by atoms with Gasteiger partial charge in [0, 0.05) is 13.1 Å². The highest BCUT2D eigenvalue weighted by Crippen LogP contribution is 2.27. The van der Waals surface area contributed by atoms with Crippen LogP contribution in [0.2, 0.25) is 0 Å². The van der Waals surface area contributed by atoms with Gasteiger partial charge < -0.3 is 0 Å². The lowest BCUT2D eigenvalue weighted by molar-refractivity contribution is 0.184. The van der Waals surface area contributed by atoms with E-state index in [1.54, 1.807) is 0 Å². The Morgan fingerprint density at radius 1 is 0.769 bits per heavy atom. The lowest BCUT2D eigenvalue weighted by Crippen LogP contribution is -2.26. The number of hydrogen-bond acceptors (Lipinski definition) is 2. The summed E-state index contributed by atoms with van der Waals surface area (Å²) in [5, 5.41) is 4.87. The summed E-state index contributed by atoms with van der Waals surface area (Å²) in [6.45, 7) is 17.3. The van der Waals surface area contributed by atoms with Crippen LogP contribution in [0.4, 0.5) is 0 Å². The van der Waals surface area contributed by atoms with Crippen molar-refractivity contribution in [3.05, 3.63) is 0 Å². The molecule has 2 heteroatoms. The van der Waals surface area contributed by atoms with Crippen LogP contribution < -0.4 is 0 Å². The molecule has 0 spiro atoms. The summed E-state index contributed by atoms with van der Waals surface area (Å²) in [6.07, 6.45) is 0. The van der Waals surface area contributed by atoms with Crippen molar-refractivity contribution in [2.24, 2.45) is 10.8 Å². The zero-order valence-electron chi connectivity index (χ0n) is 10.0. The second-order valence-electron chi connectivity index (χ2n) is 6.59. The fourth-order valence-electron chi connectivity index (χ4n) is 1.56. The number of hydrogen-bond donors (Lipinski definition) is 0. The molecule has 0 saturated carbocycles. The summed E-state index contributed by atoms with van der Waals surface area (Å²) in [4.78, 5) is 0. The van der Waals surface area contributed by atoms with Gasteiger partial charge in [0.15, 0.2) is 0 Å². The molecule has 1 rings (SSSR count). The van der Waals surface area contributed by atoms with Crippen LogP contribution in [0.3, 0.4) is 0 Å². The minimum Gasteiger partial charge on any atom is -0.224 e. The molecule has 0 aromatic heterocycles. The molecule has 1 aliphatic rings. The molecule has 2 unspecified atom stereocenters. The number of rotatable bonds is 2. The van der Waals surface area contributed by atoms with Gasteiger partial charge in [-0.1, -0.05) is 41.5 Å². The van der Waals surface area contributed by atoms with Crippen molar-refractivity contribution < 1.29 is 0 Å². The van der Waals surface area contributed by atoms with Gasteiger partial charge in [-0.2, -0.15) is 0 Å². The van der Waals surface area contributed by atoms with Crippen molar-refractivity contribution in [1.29, 1.82) is 0 Å². The molecule has 0 aromatic rings. The maximum atomic E-state index is 2.44. The van der Waals surface area contributed by atoms with Crippen LogP contribution >= 0.6 is 0 Å². The first-order valence-corrected chi connectivity index (χ1v) is 5.17. The Kier molecular flexibility index (Phi) is 2.75. The largest absolute Gasteiger partial charge is 0.224 e. The molecule has 0 aromatic carbocycles. The van der Waals surface area contributed by atoms with E-state index in [2.05, 4.69) is 51.6 Å². The Morgan fingerprint density at radius 2 is 1.08 bits per heavy atom. The molecule has 1 fully saturated rings. The molecule has 1 aliphatic heterocycles. The van der Waals surface area contributed by atoms with Crippen LogP contribution in [-0.4, -0.2) is 29.8 Å². The predicted octanol–water partition coefficient (Wildman–Crippen LogP) is 2.57. The van der Waals surface area contributed by atoms with Gasteiger partial charge in [-0.25, -0.2) is 10.0 Å². The van der Waals surface area contributed by atoms with Crippen molar-refractivity contribution in [2.45, 2.75) is 41.5 Å². The summed E-state index contributed by atoms with van der Waals surface area (Å²) >= 11 is 0. The first-order valence-electron chi connectivity index (χ1n) is 5.17. The van der Waals surface area contributed by atoms with Crippen LogP contribution in [0, 0.1) is 10.8 Å². The van der Waals surface area contributed by atoms with E-state index in [4.69, 9.17) is 0 Å². The Morgan fingerprint density at radius 3 is 1.31 bits per heavy atom. The molecule has 2 nitrogen and oxygen atoms in total. The molecule has 1 saturated heterocycles. The normalized spacial score (nSPS) is 29.1. The first-order chi connectivity index (χ1) is 5.67. The van der Waals surface area contributed by atoms with E-state index in [0.717, 1.165) is 6.67 Å². The van der Waals surface area contributed by atoms with E-state index in [9.17, 15) is 0 Å². The predicted molar refractivity (Wildman–Crippen MR) is 57.2 cm³/mol. The van der Waals surface area contributed by atoms with Gasteiger partial charge in [-0.3, -0.25) is 0 Å². The molecule has 0 N–H and O–H groups in total. The monoisotopic (exact) mass is 184 g/mol. The van der Waals surface area contributed by atoms with Gasteiger partial charge in [-0.15, -0.1) is 0 Å². The van der Waals surface area contributed by atoms with Crippen molar-refractivity contribution in [2.75, 3.05) is 19.8 Å². The average molecular weight is 184 g/mol. The van der Waals surface area contributed by atoms with Gasteiger partial charge >= 0.3 is 0 Å². The minimum atomic E-state index is 0.423. The van der Waals surface area contributed by atoms with Crippen molar-refractivity contribution in [3.63, 3.8) is 0 Å². The van der Waals surface area contributed by atoms with Crippen LogP contribution in [0.5, 0.6) is 0 Å². The second-order valence-corrected chi connectivity index (χ2v) is 6.59. The maximum absolute atomic E-state index is 2.44. The average Bonchev–Trinajstić information content (AvgIpc) is 2.36. The Bertz CT molecular complexity index is 154. The van der Waals surface area contributed by atoms with Crippen molar-refractivity contribution in [3.8, 4) is 0 Å². The van der Waals surface area contributed by atoms with Crippen LogP contribution in [0.1, 0.15) is 41.5 Å². The SMILES string of the molecule is CC(C)(C)CN1CN1CC(C)(C)C. The standard InChI is InChI=1S/C11H24N2/c1-10(2,3)7-12-9-13(12)8-11(4,5)6/h7-9H2,1-6H3. The fourth-order valence-corrected chi connectivity index (χ4v) is 1.56. The molecular formula is C11H24N2. The molecule has 2 atom stereocenters. The lowest BCUT2D eigenvalue weighted by Gasteiger charge is -2.22. The number of hydrazine groups is 1. The number of nitrogens with zero attached hydrogens (tertiary/aromatic N) is 2. The third-order valence-corrected chi connectivity index (χ3v) is 1.96. The summed E-state index contributed by atoms with van der Waals surface area (Å²) in [5.41, 5.74) is 0.846. The summed E-state index contributed by atoms with van der Waals surface area (Å²) in [5.74, 6) is 0. The van der Waals surface area contributed by atoms with Gasteiger partial charge in [0.05, 0.1) is 6.67 Å². The second kappa shape index (κ2) is 3.25. The van der Waals surface area contributed by atoms with E-state index in [-0.39, 0.29) is 0 Å². The van der Waals surface area contributed by atoms with Crippen molar-refractivity contribution >= 4 is 0 Å². The highest BCUT2D eigenvalue weighted by molar-refractivity contribution is 4.79. The highest BCUT2D eigenvalue weighted by atomic mass is 15.8. The Labute approximate surface area is 82.9 Å².